The van der Waals surface area contributed by atoms with Crippen LogP contribution in [0.1, 0.15) is 46.0 Å². The summed E-state index contributed by atoms with van der Waals surface area (Å²) >= 11 is 0. The molecule has 2 aromatic rings. The van der Waals surface area contributed by atoms with Gasteiger partial charge in [-0.1, -0.05) is 0 Å². The van der Waals surface area contributed by atoms with Crippen LogP contribution in [0.15, 0.2) is 18.2 Å². The van der Waals surface area contributed by atoms with E-state index in [1.807, 2.05) is 0 Å². The number of ether oxygens (including phenoxy) is 2. The number of carbonyl (C=O) groups is 2. The molecule has 1 aliphatic heterocycles. The van der Waals surface area contributed by atoms with Crippen molar-refractivity contribution in [1.29, 1.82) is 0 Å². The highest BCUT2D eigenvalue weighted by Gasteiger charge is 2.43. The number of aromatic amines is 1. The molecule has 0 bridgehead atoms. The van der Waals surface area contributed by atoms with Gasteiger partial charge in [0.25, 0.3) is 0 Å². The predicted molar refractivity (Wildman–Crippen MR) is 90.3 cm³/mol. The van der Waals surface area contributed by atoms with Crippen molar-refractivity contribution in [3.63, 3.8) is 0 Å². The quantitative estimate of drug-likeness (QED) is 0.788. The van der Waals surface area contributed by atoms with Crippen LogP contribution in [0.25, 0.3) is 0 Å². The summed E-state index contributed by atoms with van der Waals surface area (Å²) in [4.78, 5) is 27.4. The molecule has 1 atom stereocenters. The van der Waals surface area contributed by atoms with E-state index in [4.69, 9.17) is 0 Å². The van der Waals surface area contributed by atoms with E-state index in [1.54, 1.807) is 20.8 Å². The number of Topliss-reactive ketones (excluding diaryl/α,β-unsaturated/α-hetero) is 2. The van der Waals surface area contributed by atoms with E-state index in [1.165, 1.54) is 25.1 Å². The number of aryl methyl sites for hydroxylation is 1. The molecule has 6 nitrogen and oxygen atoms in total. The van der Waals surface area contributed by atoms with Crippen molar-refractivity contribution in [2.45, 2.75) is 40.0 Å². The minimum atomic E-state index is -3.69. The van der Waals surface area contributed by atoms with Gasteiger partial charge < -0.3 is 19.8 Å². The minimum Gasteiger partial charge on any atom is -0.395 e. The molecular formula is C18H18F2N2O4. The van der Waals surface area contributed by atoms with Crippen LogP contribution in [-0.4, -0.2) is 28.9 Å². The molecule has 8 heteroatoms. The fourth-order valence-corrected chi connectivity index (χ4v) is 3.10. The average molecular weight is 364 g/mol. The van der Waals surface area contributed by atoms with Crippen LogP contribution < -0.4 is 14.8 Å². The summed E-state index contributed by atoms with van der Waals surface area (Å²) in [5, 5.41) is 2.95. The molecule has 0 saturated heterocycles. The maximum atomic E-state index is 13.1. The predicted octanol–water partition coefficient (Wildman–Crippen LogP) is 3.84. The average Bonchev–Trinajstić information content (AvgIpc) is 3.00. The standard InChI is InChI=1S/C18H18F2N2O4/c1-8-15(11(4)23)9(2)22-16(8)17(24)10(3)21-12-5-6-13-14(7-12)26-18(19,20)25-13/h5-7,10,21-22H,1-4H3. The molecular weight excluding hydrogens is 346 g/mol. The number of fused-ring (bicyclic) bond motifs is 1. The Hall–Kier alpha value is -2.90. The van der Waals surface area contributed by atoms with Gasteiger partial charge in [0.05, 0.1) is 11.7 Å². The van der Waals surface area contributed by atoms with Gasteiger partial charge in [0, 0.05) is 23.0 Å². The second-order valence-corrected chi connectivity index (χ2v) is 6.24. The Labute approximate surface area is 148 Å². The number of carbonyl (C=O) groups excluding carboxylic acids is 2. The minimum absolute atomic E-state index is 0.0681. The Bertz CT molecular complexity index is 905. The number of rotatable bonds is 5. The van der Waals surface area contributed by atoms with E-state index in [0.29, 0.717) is 28.2 Å². The number of hydrogen-bond acceptors (Lipinski definition) is 5. The smallest absolute Gasteiger partial charge is 0.395 e. The first kappa shape index (κ1) is 17.9. The molecule has 0 spiro atoms. The summed E-state index contributed by atoms with van der Waals surface area (Å²) in [5.74, 6) is -0.541. The molecule has 0 saturated carbocycles. The Morgan fingerprint density at radius 3 is 2.46 bits per heavy atom. The number of hydrogen-bond donors (Lipinski definition) is 2. The highest BCUT2D eigenvalue weighted by Crippen LogP contribution is 2.42. The van der Waals surface area contributed by atoms with E-state index in [-0.39, 0.29) is 23.1 Å². The largest absolute Gasteiger partial charge is 0.586 e. The lowest BCUT2D eigenvalue weighted by Gasteiger charge is -2.14. The van der Waals surface area contributed by atoms with Crippen molar-refractivity contribution in [2.24, 2.45) is 0 Å². The molecule has 1 aliphatic rings. The van der Waals surface area contributed by atoms with Gasteiger partial charge >= 0.3 is 6.29 Å². The number of halogens is 2. The van der Waals surface area contributed by atoms with Crippen LogP contribution in [0.4, 0.5) is 14.5 Å². The van der Waals surface area contributed by atoms with Crippen molar-refractivity contribution < 1.29 is 27.8 Å². The van der Waals surface area contributed by atoms with Crippen LogP contribution in [0.5, 0.6) is 11.5 Å². The zero-order valence-electron chi connectivity index (χ0n) is 14.7. The Morgan fingerprint density at radius 1 is 1.19 bits per heavy atom. The van der Waals surface area contributed by atoms with Crippen molar-refractivity contribution in [2.75, 3.05) is 5.32 Å². The summed E-state index contributed by atoms with van der Waals surface area (Å²) in [6.07, 6.45) is -3.69. The van der Waals surface area contributed by atoms with E-state index < -0.39 is 12.3 Å². The van der Waals surface area contributed by atoms with Crippen LogP contribution in [0, 0.1) is 13.8 Å². The molecule has 1 unspecified atom stereocenters. The highest BCUT2D eigenvalue weighted by atomic mass is 19.3. The van der Waals surface area contributed by atoms with E-state index >= 15 is 0 Å². The summed E-state index contributed by atoms with van der Waals surface area (Å²) < 4.78 is 34.9. The van der Waals surface area contributed by atoms with Gasteiger partial charge in [0.15, 0.2) is 17.3 Å². The van der Waals surface area contributed by atoms with Crippen molar-refractivity contribution >= 4 is 17.3 Å². The lowest BCUT2D eigenvalue weighted by Crippen LogP contribution is -2.27. The van der Waals surface area contributed by atoms with Gasteiger partial charge in [-0.15, -0.1) is 8.78 Å². The van der Waals surface area contributed by atoms with E-state index in [0.717, 1.165) is 0 Å². The monoisotopic (exact) mass is 364 g/mol. The fraction of sp³-hybridized carbons (Fsp3) is 0.333. The zero-order valence-corrected chi connectivity index (χ0v) is 14.7. The third kappa shape index (κ3) is 3.14. The molecule has 0 aliphatic carbocycles. The maximum Gasteiger partial charge on any atom is 0.586 e. The van der Waals surface area contributed by atoms with Crippen molar-refractivity contribution in [1.82, 2.24) is 4.98 Å². The summed E-state index contributed by atoms with van der Waals surface area (Å²) in [7, 11) is 0. The summed E-state index contributed by atoms with van der Waals surface area (Å²) in [5.41, 5.74) is 2.51. The molecule has 26 heavy (non-hydrogen) atoms. The molecule has 2 heterocycles. The zero-order chi connectivity index (χ0) is 19.2. The topological polar surface area (TPSA) is 80.4 Å². The van der Waals surface area contributed by atoms with Crippen LogP contribution >= 0.6 is 0 Å². The van der Waals surface area contributed by atoms with Gasteiger partial charge in [-0.3, -0.25) is 9.59 Å². The Morgan fingerprint density at radius 2 is 1.85 bits per heavy atom. The van der Waals surface area contributed by atoms with Crippen molar-refractivity contribution in [3.8, 4) is 11.5 Å². The highest BCUT2D eigenvalue weighted by molar-refractivity contribution is 6.05. The normalized spacial score (nSPS) is 15.6. The lowest BCUT2D eigenvalue weighted by atomic mass is 10.0. The van der Waals surface area contributed by atoms with Gasteiger partial charge in [0.2, 0.25) is 5.78 Å². The number of alkyl halides is 2. The second kappa shape index (κ2) is 6.12. The van der Waals surface area contributed by atoms with Crippen LogP contribution in [0.3, 0.4) is 0 Å². The number of ketones is 2. The number of H-pyrrole nitrogens is 1. The van der Waals surface area contributed by atoms with Gasteiger partial charge in [0.1, 0.15) is 0 Å². The van der Waals surface area contributed by atoms with Crippen LogP contribution in [-0.2, 0) is 0 Å². The van der Waals surface area contributed by atoms with Gasteiger partial charge in [-0.2, -0.15) is 0 Å². The van der Waals surface area contributed by atoms with Gasteiger partial charge in [-0.05, 0) is 45.4 Å². The first-order chi connectivity index (χ1) is 12.1. The Kier molecular flexibility index (Phi) is 4.21. The Balaban J connectivity index is 1.79. The molecule has 1 aromatic carbocycles. The summed E-state index contributed by atoms with van der Waals surface area (Å²) in [6.45, 7) is 6.53. The molecule has 0 amide bonds. The van der Waals surface area contributed by atoms with E-state index in [9.17, 15) is 18.4 Å². The first-order valence-electron chi connectivity index (χ1n) is 8.00. The number of anilines is 1. The first-order valence-corrected chi connectivity index (χ1v) is 8.00. The summed E-state index contributed by atoms with van der Waals surface area (Å²) in [6, 6.07) is 3.54. The molecule has 0 radical (unpaired) electrons. The SMILES string of the molecule is CC(=O)c1c(C)[nH]c(C(=O)C(C)Nc2ccc3c(c2)OC(F)(F)O3)c1C. The number of nitrogens with one attached hydrogen (secondary N) is 2. The molecule has 3 rings (SSSR count). The van der Waals surface area contributed by atoms with Crippen LogP contribution in [0.2, 0.25) is 0 Å². The third-order valence-corrected chi connectivity index (χ3v) is 4.21. The second-order valence-electron chi connectivity index (χ2n) is 6.24. The molecule has 1 aromatic heterocycles. The van der Waals surface area contributed by atoms with E-state index in [2.05, 4.69) is 19.8 Å². The fourth-order valence-electron chi connectivity index (χ4n) is 3.10. The van der Waals surface area contributed by atoms with Crippen molar-refractivity contribution in [3.05, 3.63) is 40.7 Å². The molecule has 2 N–H and O–H groups in total. The lowest BCUT2D eigenvalue weighted by molar-refractivity contribution is -0.286. The molecule has 0 fully saturated rings. The third-order valence-electron chi connectivity index (χ3n) is 4.21. The number of benzene rings is 1. The molecule has 138 valence electrons. The van der Waals surface area contributed by atoms with Gasteiger partial charge in [-0.25, -0.2) is 0 Å². The maximum absolute atomic E-state index is 13.1. The number of aromatic nitrogens is 1.